The summed E-state index contributed by atoms with van der Waals surface area (Å²) in [4.78, 5) is 4.17. The quantitative estimate of drug-likeness (QED) is 0.326. The number of amidine groups is 1. The third-order valence-corrected chi connectivity index (χ3v) is 2.51. The topological polar surface area (TPSA) is 62.8 Å². The normalized spacial score (nSPS) is 9.85. The average Bonchev–Trinajstić information content (AvgIpc) is 2.14. The van der Waals surface area contributed by atoms with Crippen molar-refractivity contribution in [2.75, 3.05) is 5.75 Å². The van der Waals surface area contributed by atoms with Crippen LogP contribution in [0, 0.1) is 5.41 Å². The summed E-state index contributed by atoms with van der Waals surface area (Å²) in [5.74, 6) is 1.23. The Labute approximate surface area is 82.3 Å². The molecule has 0 radical (unpaired) electrons. The predicted molar refractivity (Wildman–Crippen MR) is 56.1 cm³/mol. The third-order valence-electron chi connectivity index (χ3n) is 1.48. The molecule has 0 atom stereocenters. The van der Waals surface area contributed by atoms with Crippen LogP contribution in [0.15, 0.2) is 29.4 Å². The number of thioether (sulfide) groups is 1. The van der Waals surface area contributed by atoms with Crippen LogP contribution in [0.3, 0.4) is 0 Å². The summed E-state index contributed by atoms with van der Waals surface area (Å²) in [5, 5.41) is 8.06. The molecule has 0 spiro atoms. The minimum Gasteiger partial charge on any atom is -0.388 e. The van der Waals surface area contributed by atoms with Gasteiger partial charge in [-0.25, -0.2) is 4.98 Å². The van der Waals surface area contributed by atoms with E-state index < -0.39 is 0 Å². The van der Waals surface area contributed by atoms with Crippen molar-refractivity contribution in [2.24, 2.45) is 5.73 Å². The number of rotatable bonds is 5. The molecular weight excluding hydrogens is 182 g/mol. The van der Waals surface area contributed by atoms with E-state index in [0.29, 0.717) is 6.42 Å². The maximum atomic E-state index is 7.03. The fourth-order valence-electron chi connectivity index (χ4n) is 0.872. The maximum Gasteiger partial charge on any atom is 0.0959 e. The lowest BCUT2D eigenvalue weighted by atomic mass is 10.3. The number of pyridine rings is 1. The van der Waals surface area contributed by atoms with Crippen LogP contribution < -0.4 is 5.73 Å². The molecule has 0 saturated heterocycles. The van der Waals surface area contributed by atoms with Gasteiger partial charge in [0.25, 0.3) is 0 Å². The van der Waals surface area contributed by atoms with Crippen LogP contribution in [0.2, 0.25) is 0 Å². The zero-order chi connectivity index (χ0) is 9.52. The summed E-state index contributed by atoms with van der Waals surface area (Å²) < 4.78 is 0. The monoisotopic (exact) mass is 195 g/mol. The first-order chi connectivity index (χ1) is 6.29. The molecule has 0 amide bonds. The number of nitrogens with two attached hydrogens (primary N) is 1. The van der Waals surface area contributed by atoms with Crippen LogP contribution in [0.4, 0.5) is 0 Å². The SMILES string of the molecule is N=C(N)CCCSc1ccccn1. The van der Waals surface area contributed by atoms with Gasteiger partial charge in [-0.05, 0) is 24.3 Å². The van der Waals surface area contributed by atoms with Gasteiger partial charge in [0.1, 0.15) is 0 Å². The molecular formula is C9H13N3S. The first kappa shape index (κ1) is 10.1. The van der Waals surface area contributed by atoms with Crippen LogP contribution in [0.5, 0.6) is 0 Å². The molecule has 0 aliphatic rings. The van der Waals surface area contributed by atoms with Crippen molar-refractivity contribution in [3.8, 4) is 0 Å². The Morgan fingerprint density at radius 3 is 3.00 bits per heavy atom. The summed E-state index contributed by atoms with van der Waals surface area (Å²) in [5.41, 5.74) is 5.23. The standard InChI is InChI=1S/C9H13N3S/c10-8(11)4-3-7-13-9-5-1-2-6-12-9/h1-2,5-6H,3-4,7H2,(H3,10,11). The van der Waals surface area contributed by atoms with Crippen LogP contribution in [0.1, 0.15) is 12.8 Å². The molecule has 1 aromatic heterocycles. The predicted octanol–water partition coefficient (Wildman–Crippen LogP) is 1.89. The summed E-state index contributed by atoms with van der Waals surface area (Å²) in [6, 6.07) is 5.86. The molecule has 3 N–H and O–H groups in total. The van der Waals surface area contributed by atoms with E-state index in [2.05, 4.69) is 4.98 Å². The smallest absolute Gasteiger partial charge is 0.0959 e. The van der Waals surface area contributed by atoms with E-state index in [9.17, 15) is 0 Å². The molecule has 1 rings (SSSR count). The van der Waals surface area contributed by atoms with E-state index in [4.69, 9.17) is 11.1 Å². The second-order valence-corrected chi connectivity index (χ2v) is 3.76. The Hall–Kier alpha value is -1.03. The lowest BCUT2D eigenvalue weighted by Crippen LogP contribution is -2.08. The van der Waals surface area contributed by atoms with Gasteiger partial charge in [-0.2, -0.15) is 0 Å². The zero-order valence-corrected chi connectivity index (χ0v) is 8.18. The Bertz CT molecular complexity index is 261. The molecule has 0 fully saturated rings. The van der Waals surface area contributed by atoms with Crippen LogP contribution >= 0.6 is 11.8 Å². The van der Waals surface area contributed by atoms with Crippen LogP contribution in [0.25, 0.3) is 0 Å². The Morgan fingerprint density at radius 1 is 1.54 bits per heavy atom. The van der Waals surface area contributed by atoms with Crippen LogP contribution in [-0.2, 0) is 0 Å². The van der Waals surface area contributed by atoms with Crippen molar-refractivity contribution in [3.05, 3.63) is 24.4 Å². The molecule has 0 aliphatic carbocycles. The molecule has 1 heterocycles. The highest BCUT2D eigenvalue weighted by molar-refractivity contribution is 7.99. The van der Waals surface area contributed by atoms with Crippen molar-refractivity contribution in [1.29, 1.82) is 5.41 Å². The molecule has 0 saturated carbocycles. The van der Waals surface area contributed by atoms with Gasteiger partial charge in [0.05, 0.1) is 10.9 Å². The highest BCUT2D eigenvalue weighted by atomic mass is 32.2. The summed E-state index contributed by atoms with van der Waals surface area (Å²) in [6.07, 6.45) is 3.41. The van der Waals surface area contributed by atoms with E-state index in [1.165, 1.54) is 0 Å². The van der Waals surface area contributed by atoms with Gasteiger partial charge in [0.2, 0.25) is 0 Å². The summed E-state index contributed by atoms with van der Waals surface area (Å²) in [7, 11) is 0. The molecule has 0 aliphatic heterocycles. The number of hydrogen-bond acceptors (Lipinski definition) is 3. The lowest BCUT2D eigenvalue weighted by Gasteiger charge is -1.99. The second-order valence-electron chi connectivity index (χ2n) is 2.65. The van der Waals surface area contributed by atoms with Gasteiger partial charge in [-0.15, -0.1) is 11.8 Å². The van der Waals surface area contributed by atoms with Crippen molar-refractivity contribution in [1.82, 2.24) is 4.98 Å². The number of nitrogens with zero attached hydrogens (tertiary/aromatic N) is 1. The molecule has 1 aromatic rings. The Kier molecular flexibility index (Phi) is 4.32. The number of hydrogen-bond donors (Lipinski definition) is 2. The second kappa shape index (κ2) is 5.59. The van der Waals surface area contributed by atoms with Gasteiger partial charge in [0.15, 0.2) is 0 Å². The van der Waals surface area contributed by atoms with Crippen molar-refractivity contribution < 1.29 is 0 Å². The fraction of sp³-hybridized carbons (Fsp3) is 0.333. The number of nitrogens with one attached hydrogen (secondary N) is 1. The van der Waals surface area contributed by atoms with Gasteiger partial charge in [0, 0.05) is 12.6 Å². The van der Waals surface area contributed by atoms with Gasteiger partial charge in [-0.3, -0.25) is 5.41 Å². The van der Waals surface area contributed by atoms with Gasteiger partial charge in [-0.1, -0.05) is 6.07 Å². The molecule has 0 aromatic carbocycles. The molecule has 70 valence electrons. The minimum atomic E-state index is 0.265. The van der Waals surface area contributed by atoms with E-state index in [1.54, 1.807) is 18.0 Å². The molecule has 13 heavy (non-hydrogen) atoms. The van der Waals surface area contributed by atoms with Crippen molar-refractivity contribution in [2.45, 2.75) is 17.9 Å². The maximum absolute atomic E-state index is 7.03. The lowest BCUT2D eigenvalue weighted by molar-refractivity contribution is 0.984. The minimum absolute atomic E-state index is 0.265. The highest BCUT2D eigenvalue weighted by Gasteiger charge is 1.94. The molecule has 3 nitrogen and oxygen atoms in total. The largest absolute Gasteiger partial charge is 0.388 e. The molecule has 4 heteroatoms. The Morgan fingerprint density at radius 2 is 2.38 bits per heavy atom. The fourth-order valence-corrected chi connectivity index (χ4v) is 1.68. The van der Waals surface area contributed by atoms with Crippen molar-refractivity contribution in [3.63, 3.8) is 0 Å². The van der Waals surface area contributed by atoms with E-state index in [0.717, 1.165) is 17.2 Å². The summed E-state index contributed by atoms with van der Waals surface area (Å²) in [6.45, 7) is 0. The summed E-state index contributed by atoms with van der Waals surface area (Å²) >= 11 is 1.70. The zero-order valence-electron chi connectivity index (χ0n) is 7.36. The van der Waals surface area contributed by atoms with Gasteiger partial charge >= 0.3 is 0 Å². The Balaban J connectivity index is 2.17. The molecule has 0 unspecified atom stereocenters. The van der Waals surface area contributed by atoms with Crippen molar-refractivity contribution >= 4 is 17.6 Å². The highest BCUT2D eigenvalue weighted by Crippen LogP contribution is 2.15. The third kappa shape index (κ3) is 4.52. The van der Waals surface area contributed by atoms with E-state index in [1.807, 2.05) is 18.2 Å². The van der Waals surface area contributed by atoms with Gasteiger partial charge < -0.3 is 5.73 Å². The average molecular weight is 195 g/mol. The first-order valence-electron chi connectivity index (χ1n) is 4.16. The van der Waals surface area contributed by atoms with E-state index >= 15 is 0 Å². The van der Waals surface area contributed by atoms with E-state index in [-0.39, 0.29) is 5.84 Å². The first-order valence-corrected chi connectivity index (χ1v) is 5.14. The molecule has 0 bridgehead atoms. The number of aromatic nitrogens is 1. The van der Waals surface area contributed by atoms with Crippen LogP contribution in [-0.4, -0.2) is 16.6 Å².